The van der Waals surface area contributed by atoms with Gasteiger partial charge in [-0.2, -0.15) is 5.10 Å². The Morgan fingerprint density at radius 1 is 1.18 bits per heavy atom. The highest BCUT2D eigenvalue weighted by Gasteiger charge is 2.30. The van der Waals surface area contributed by atoms with E-state index < -0.39 is 5.92 Å². The van der Waals surface area contributed by atoms with Crippen LogP contribution in [0.1, 0.15) is 69.8 Å². The standard InChI is InChI=1S/C26H33N3O4/c1-7-9-18(25(30)31-6)23-16(2)27-22-15-21(26(3,4)5)28-29(22)24(23)17-10-11-19-20(14-17)33-13-8-12-32-19/h10-11,14-15,18H,7-9,12-13H2,1-6H3. The molecule has 0 saturated carbocycles. The molecule has 7 heteroatoms. The third-order valence-corrected chi connectivity index (χ3v) is 6.03. The lowest BCUT2D eigenvalue weighted by molar-refractivity contribution is -0.142. The summed E-state index contributed by atoms with van der Waals surface area (Å²) in [5.41, 5.74) is 4.93. The minimum atomic E-state index is -0.440. The summed E-state index contributed by atoms with van der Waals surface area (Å²) >= 11 is 0. The van der Waals surface area contributed by atoms with Gasteiger partial charge in [0.25, 0.3) is 0 Å². The summed E-state index contributed by atoms with van der Waals surface area (Å²) in [4.78, 5) is 17.7. The lowest BCUT2D eigenvalue weighted by Crippen LogP contribution is -2.19. The van der Waals surface area contributed by atoms with Crippen LogP contribution in [-0.4, -0.2) is 40.9 Å². The van der Waals surface area contributed by atoms with Crippen molar-refractivity contribution in [2.24, 2.45) is 0 Å². The predicted molar refractivity (Wildman–Crippen MR) is 127 cm³/mol. The summed E-state index contributed by atoms with van der Waals surface area (Å²) in [6, 6.07) is 7.94. The third-order valence-electron chi connectivity index (χ3n) is 6.03. The fourth-order valence-electron chi connectivity index (χ4n) is 4.32. The van der Waals surface area contributed by atoms with Crippen LogP contribution in [0.4, 0.5) is 0 Å². The Morgan fingerprint density at radius 3 is 2.58 bits per heavy atom. The third kappa shape index (κ3) is 4.41. The molecule has 3 heterocycles. The van der Waals surface area contributed by atoms with Gasteiger partial charge in [0.05, 0.1) is 37.6 Å². The van der Waals surface area contributed by atoms with E-state index in [2.05, 4.69) is 27.7 Å². The van der Waals surface area contributed by atoms with Gasteiger partial charge in [-0.25, -0.2) is 9.50 Å². The first-order chi connectivity index (χ1) is 15.7. The summed E-state index contributed by atoms with van der Waals surface area (Å²) in [7, 11) is 1.44. The van der Waals surface area contributed by atoms with Crippen LogP contribution in [0.5, 0.6) is 11.5 Å². The van der Waals surface area contributed by atoms with E-state index in [-0.39, 0.29) is 11.4 Å². The lowest BCUT2D eigenvalue weighted by atomic mass is 9.89. The van der Waals surface area contributed by atoms with Crippen LogP contribution in [-0.2, 0) is 14.9 Å². The average molecular weight is 452 g/mol. The SMILES string of the molecule is CCCC(C(=O)OC)c1c(C)nc2cc(C(C)(C)C)nn2c1-c1ccc2c(c1)OCCCO2. The minimum absolute atomic E-state index is 0.144. The number of fused-ring (bicyclic) bond motifs is 2. The summed E-state index contributed by atoms with van der Waals surface area (Å²) in [5.74, 6) is 0.727. The number of aryl methyl sites for hydroxylation is 1. The first-order valence-corrected chi connectivity index (χ1v) is 11.6. The van der Waals surface area contributed by atoms with Gasteiger partial charge in [0.2, 0.25) is 0 Å². The van der Waals surface area contributed by atoms with Crippen molar-refractivity contribution in [3.8, 4) is 22.8 Å². The zero-order valence-corrected chi connectivity index (χ0v) is 20.4. The van der Waals surface area contributed by atoms with Crippen LogP contribution < -0.4 is 9.47 Å². The number of aromatic nitrogens is 3. The second-order valence-electron chi connectivity index (χ2n) is 9.59. The van der Waals surface area contributed by atoms with Gasteiger partial charge in [0.1, 0.15) is 0 Å². The molecule has 33 heavy (non-hydrogen) atoms. The van der Waals surface area contributed by atoms with Gasteiger partial charge in [-0.15, -0.1) is 0 Å². The van der Waals surface area contributed by atoms with Gasteiger partial charge < -0.3 is 14.2 Å². The Bertz CT molecular complexity index is 1180. The fourth-order valence-corrected chi connectivity index (χ4v) is 4.32. The van der Waals surface area contributed by atoms with Crippen molar-refractivity contribution >= 4 is 11.6 Å². The predicted octanol–water partition coefficient (Wildman–Crippen LogP) is 5.22. The second kappa shape index (κ2) is 9.04. The Labute approximate surface area is 195 Å². The number of benzene rings is 1. The molecule has 1 aliphatic heterocycles. The number of esters is 1. The number of rotatable bonds is 5. The number of hydrogen-bond acceptors (Lipinski definition) is 6. The quantitative estimate of drug-likeness (QED) is 0.495. The number of nitrogens with zero attached hydrogens (tertiary/aromatic N) is 3. The molecule has 0 bridgehead atoms. The monoisotopic (exact) mass is 451 g/mol. The maximum absolute atomic E-state index is 12.9. The Hall–Kier alpha value is -3.09. The first-order valence-electron chi connectivity index (χ1n) is 11.6. The molecule has 1 atom stereocenters. The van der Waals surface area contributed by atoms with Crippen molar-refractivity contribution in [1.29, 1.82) is 0 Å². The normalized spacial score (nSPS) is 14.7. The summed E-state index contributed by atoms with van der Waals surface area (Å²) < 4.78 is 18.9. The van der Waals surface area contributed by atoms with Crippen LogP contribution in [0.3, 0.4) is 0 Å². The van der Waals surface area contributed by atoms with E-state index in [1.165, 1.54) is 7.11 Å². The van der Waals surface area contributed by atoms with Gasteiger partial charge >= 0.3 is 5.97 Å². The van der Waals surface area contributed by atoms with E-state index in [0.717, 1.165) is 52.4 Å². The number of hydrogen-bond donors (Lipinski definition) is 0. The Balaban J connectivity index is 2.03. The molecule has 7 nitrogen and oxygen atoms in total. The molecule has 2 aromatic heterocycles. The first kappa shape index (κ1) is 23.1. The van der Waals surface area contributed by atoms with Crippen molar-refractivity contribution in [3.63, 3.8) is 0 Å². The smallest absolute Gasteiger partial charge is 0.313 e. The van der Waals surface area contributed by atoms with E-state index >= 15 is 0 Å². The molecule has 0 saturated heterocycles. The highest BCUT2D eigenvalue weighted by molar-refractivity contribution is 5.83. The van der Waals surface area contributed by atoms with Gasteiger partial charge in [-0.3, -0.25) is 4.79 Å². The molecule has 4 rings (SSSR count). The molecule has 1 aromatic carbocycles. The maximum Gasteiger partial charge on any atom is 0.313 e. The second-order valence-corrected chi connectivity index (χ2v) is 9.59. The van der Waals surface area contributed by atoms with Gasteiger partial charge in [0.15, 0.2) is 17.1 Å². The van der Waals surface area contributed by atoms with E-state index in [0.29, 0.717) is 25.4 Å². The molecule has 0 aliphatic carbocycles. The van der Waals surface area contributed by atoms with Gasteiger partial charge in [0, 0.05) is 34.7 Å². The number of carbonyl (C=O) groups is 1. The molecule has 0 N–H and O–H groups in total. The number of carbonyl (C=O) groups excluding carboxylic acids is 1. The van der Waals surface area contributed by atoms with Crippen LogP contribution in [0.15, 0.2) is 24.3 Å². The summed E-state index contributed by atoms with van der Waals surface area (Å²) in [5, 5.41) is 4.95. The number of ether oxygens (including phenoxy) is 3. The Kier molecular flexibility index (Phi) is 6.32. The van der Waals surface area contributed by atoms with Crippen molar-refractivity contribution in [3.05, 3.63) is 41.2 Å². The lowest BCUT2D eigenvalue weighted by Gasteiger charge is -2.21. The van der Waals surface area contributed by atoms with Crippen LogP contribution in [0.25, 0.3) is 16.9 Å². The van der Waals surface area contributed by atoms with Gasteiger partial charge in [-0.1, -0.05) is 34.1 Å². The zero-order chi connectivity index (χ0) is 23.8. The molecular weight excluding hydrogens is 418 g/mol. The molecule has 176 valence electrons. The van der Waals surface area contributed by atoms with E-state index in [1.807, 2.05) is 35.7 Å². The molecule has 0 fully saturated rings. The molecule has 1 unspecified atom stereocenters. The maximum atomic E-state index is 12.9. The highest BCUT2D eigenvalue weighted by atomic mass is 16.5. The van der Waals surface area contributed by atoms with Crippen molar-refractivity contribution in [1.82, 2.24) is 14.6 Å². The molecule has 1 aliphatic rings. The number of methoxy groups -OCH3 is 1. The van der Waals surface area contributed by atoms with Crippen LogP contribution in [0, 0.1) is 6.92 Å². The van der Waals surface area contributed by atoms with Crippen LogP contribution >= 0.6 is 0 Å². The average Bonchev–Trinajstić information content (AvgIpc) is 3.07. The zero-order valence-electron chi connectivity index (χ0n) is 20.4. The largest absolute Gasteiger partial charge is 0.490 e. The van der Waals surface area contributed by atoms with E-state index in [9.17, 15) is 4.79 Å². The molecule has 0 amide bonds. The molecular formula is C26H33N3O4. The Morgan fingerprint density at radius 2 is 1.91 bits per heavy atom. The van der Waals surface area contributed by atoms with Gasteiger partial charge in [-0.05, 0) is 31.5 Å². The fraction of sp³-hybridized carbons (Fsp3) is 0.500. The molecule has 0 radical (unpaired) electrons. The summed E-state index contributed by atoms with van der Waals surface area (Å²) in [6.45, 7) is 11.6. The molecule has 0 spiro atoms. The van der Waals surface area contributed by atoms with E-state index in [1.54, 1.807) is 0 Å². The van der Waals surface area contributed by atoms with Crippen molar-refractivity contribution in [2.75, 3.05) is 20.3 Å². The van der Waals surface area contributed by atoms with Crippen LogP contribution in [0.2, 0.25) is 0 Å². The van der Waals surface area contributed by atoms with Crippen molar-refractivity contribution < 1.29 is 19.0 Å². The topological polar surface area (TPSA) is 75.0 Å². The molecule has 3 aromatic rings. The van der Waals surface area contributed by atoms with Crippen molar-refractivity contribution in [2.45, 2.75) is 65.2 Å². The highest BCUT2D eigenvalue weighted by Crippen LogP contribution is 2.40. The summed E-state index contributed by atoms with van der Waals surface area (Å²) in [6.07, 6.45) is 2.33. The minimum Gasteiger partial charge on any atom is -0.490 e. The van der Waals surface area contributed by atoms with E-state index in [4.69, 9.17) is 24.3 Å².